The maximum atomic E-state index is 13.5. The van der Waals surface area contributed by atoms with Crippen molar-refractivity contribution in [3.63, 3.8) is 0 Å². The van der Waals surface area contributed by atoms with Crippen LogP contribution in [0.4, 0.5) is 0 Å². The van der Waals surface area contributed by atoms with Gasteiger partial charge in [-0.05, 0) is 154 Å². The van der Waals surface area contributed by atoms with Gasteiger partial charge in [0.2, 0.25) is 11.4 Å². The quantitative estimate of drug-likeness (QED) is 0.0273. The van der Waals surface area contributed by atoms with Crippen LogP contribution in [0.1, 0.15) is 724 Å². The van der Waals surface area contributed by atoms with E-state index in [1.807, 2.05) is 0 Å². The molecule has 2 aromatic carbocycles. The summed E-state index contributed by atoms with van der Waals surface area (Å²) in [6, 6.07) is 10.3. The van der Waals surface area contributed by atoms with Gasteiger partial charge in [-0.25, -0.2) is 4.70 Å². The zero-order chi connectivity index (χ0) is 96.3. The molecule has 0 aliphatic carbocycles. The molecule has 0 fully saturated rings. The zero-order valence-electron chi connectivity index (χ0n) is 93.4. The summed E-state index contributed by atoms with van der Waals surface area (Å²) >= 11 is 2.05. The van der Waals surface area contributed by atoms with Crippen LogP contribution < -0.4 is 0 Å². The van der Waals surface area contributed by atoms with Crippen molar-refractivity contribution in [3.8, 4) is 11.8 Å². The van der Waals surface area contributed by atoms with Gasteiger partial charge in [0.25, 0.3) is 0 Å². The first-order valence-corrected chi connectivity index (χ1v) is 64.0. The molecular weight excluding hydrogens is 1660 g/mol. The summed E-state index contributed by atoms with van der Waals surface area (Å²) < 4.78 is 1.73. The molecule has 0 radical (unpaired) electrons. The molecule has 784 valence electrons. The Bertz CT molecular complexity index is 2840. The third kappa shape index (κ3) is 73.6. The Morgan fingerprint density at radius 3 is 0.612 bits per heavy atom. The van der Waals surface area contributed by atoms with E-state index in [0.717, 1.165) is 61.9 Å². The number of hydrogen-bond acceptors (Lipinski definition) is 0. The molecule has 0 bridgehead atoms. The van der Waals surface area contributed by atoms with Gasteiger partial charge in [-0.2, -0.15) is 0 Å². The van der Waals surface area contributed by atoms with Crippen molar-refractivity contribution in [1.29, 1.82) is 0 Å². The van der Waals surface area contributed by atoms with E-state index in [2.05, 4.69) is 120 Å². The Morgan fingerprint density at radius 2 is 0.366 bits per heavy atom. The predicted octanol–water partition coefficient (Wildman–Crippen LogP) is 47.3. The van der Waals surface area contributed by atoms with Crippen LogP contribution in [-0.4, -0.2) is 4.70 Å². The molecule has 0 atom stereocenters. The number of benzene rings is 2. The first-order valence-electron chi connectivity index (χ1n) is 62.6. The Morgan fingerprint density at radius 1 is 0.194 bits per heavy atom. The molecule has 1 heterocycles. The molecule has 134 heavy (non-hydrogen) atoms. The number of hydrogen-bond donors (Lipinski definition) is 0. The first-order chi connectivity index (χ1) is 66.3. The van der Waals surface area contributed by atoms with Crippen LogP contribution in [0.5, 0.6) is 0 Å². The summed E-state index contributed by atoms with van der Waals surface area (Å²) in [6.07, 6.45) is 139. The summed E-state index contributed by atoms with van der Waals surface area (Å²) in [6.45, 7) is 23.4. The second kappa shape index (κ2) is 102. The average molecular weight is 1900 g/mol. The molecule has 0 aromatic heterocycles. The molecule has 1 aliphatic heterocycles. The van der Waals surface area contributed by atoms with E-state index in [9.17, 15) is 5.53 Å². The monoisotopic (exact) mass is 1900 g/mol. The maximum absolute atomic E-state index is 13.5. The van der Waals surface area contributed by atoms with Gasteiger partial charge in [-0.3, -0.25) is 0 Å². The van der Waals surface area contributed by atoms with E-state index in [-0.39, 0.29) is 0 Å². The van der Waals surface area contributed by atoms with Crippen LogP contribution in [0.25, 0.3) is 16.9 Å². The SMILES string of the molecule is CCCCCCCCCCCCCCCCCCCCCCCCCCC#CC1=C(c2cc(CCCCC)c(CCCCC)c(CCCCC)c2)[N+](=[N-])C(c2cc(CCCCCC)c(CCCCCC)c(CCCCCC)c2)=C1CCCCCCCC.CCCCCCCCCCCCCCCCCCCCCC[CH2][Ni][CH2]CCCCCCCCCCCCCCCCCCCCCC. The summed E-state index contributed by atoms with van der Waals surface area (Å²) in [5.74, 6) is 7.84. The van der Waals surface area contributed by atoms with Gasteiger partial charge in [0.05, 0.1) is 0 Å². The molecule has 2 aromatic rings. The van der Waals surface area contributed by atoms with Crippen molar-refractivity contribution < 1.29 is 19.1 Å². The summed E-state index contributed by atoms with van der Waals surface area (Å²) in [5.41, 5.74) is 29.9. The van der Waals surface area contributed by atoms with Gasteiger partial charge < -0.3 is 5.53 Å². The molecule has 0 saturated carbocycles. The van der Waals surface area contributed by atoms with Crippen molar-refractivity contribution in [2.24, 2.45) is 0 Å². The van der Waals surface area contributed by atoms with Crippen LogP contribution in [0.15, 0.2) is 35.4 Å². The van der Waals surface area contributed by atoms with Crippen LogP contribution in [0.3, 0.4) is 0 Å². The average Bonchev–Trinajstić information content (AvgIpc) is 1.59. The van der Waals surface area contributed by atoms with Crippen molar-refractivity contribution in [3.05, 3.63) is 85.5 Å². The van der Waals surface area contributed by atoms with Crippen LogP contribution >= 0.6 is 0 Å². The molecular formula is C131H240N2Ni. The number of unbranched alkanes of at least 4 members (excludes halogenated alkanes) is 84. The van der Waals surface area contributed by atoms with Crippen molar-refractivity contribution in [2.45, 2.75) is 729 Å². The minimum absolute atomic E-state index is 0.929. The summed E-state index contributed by atoms with van der Waals surface area (Å²) in [7, 11) is 0. The Balaban J connectivity index is 0.00000109. The standard InChI is InChI=1S/C85H146N2.2C23H47.Ni/c1-9-17-25-30-32-33-34-35-36-37-38-39-40-41-42-43-44-45-46-47-48-49-50-51-53-61-69-83-82(68-60-52-31-26-18-10-2)85(79-72-76(64-57-27-19-11-3)81(67-59-29-21-13-5)77(73-79)65-58-28-20-12-4)87(86)84(83)78-70-74(62-54-22-14-6)80(66-56-24-16-8)75(71-78)63-55-23-15-7;2*1-3-5-7-9-11-13-15-17-19-21-23-22-20-18-16-14-12-10-8-6-4-2;/h70-73H,9-60,62-68H2,1-8H3;2*1,3-23H2,2H3;. The third-order valence-electron chi connectivity index (χ3n) is 30.5. The van der Waals surface area contributed by atoms with Crippen LogP contribution in [0.2, 0.25) is 10.8 Å². The fourth-order valence-corrected chi connectivity index (χ4v) is 22.7. The smallest absolute Gasteiger partial charge is 0.0654 e. The Kier molecular flexibility index (Phi) is 97.2. The van der Waals surface area contributed by atoms with E-state index in [0.29, 0.717) is 0 Å². The van der Waals surface area contributed by atoms with Crippen molar-refractivity contribution in [1.82, 2.24) is 0 Å². The number of aryl methyl sites for hydroxylation is 4. The molecule has 2 nitrogen and oxygen atoms in total. The number of rotatable bonds is 104. The molecule has 3 rings (SSSR count). The van der Waals surface area contributed by atoms with E-state index in [1.54, 1.807) is 38.1 Å². The Labute approximate surface area is 850 Å². The molecule has 0 N–H and O–H groups in total. The molecule has 0 unspecified atom stereocenters. The summed E-state index contributed by atoms with van der Waals surface area (Å²) in [4.78, 5) is 0. The number of allylic oxidation sites excluding steroid dienone is 2. The minimum atomic E-state index is 0.929. The topological polar surface area (TPSA) is 25.3 Å². The van der Waals surface area contributed by atoms with Crippen molar-refractivity contribution >= 4 is 11.4 Å². The minimum Gasteiger partial charge on any atom is -0.0654 e. The molecule has 0 saturated heterocycles. The van der Waals surface area contributed by atoms with Crippen LogP contribution in [-0.2, 0) is 53.0 Å². The molecule has 0 amide bonds. The second-order valence-electron chi connectivity index (χ2n) is 43.5. The third-order valence-corrected chi connectivity index (χ3v) is 31.9. The van der Waals surface area contributed by atoms with E-state index in [1.165, 1.54) is 631 Å². The van der Waals surface area contributed by atoms with Gasteiger partial charge in [-0.1, -0.05) is 486 Å². The Hall–Kier alpha value is -2.43. The van der Waals surface area contributed by atoms with Gasteiger partial charge in [0.1, 0.15) is 5.57 Å². The predicted molar refractivity (Wildman–Crippen MR) is 605 cm³/mol. The fraction of sp³-hybridized carbons (Fsp3) is 0.863. The second-order valence-corrected chi connectivity index (χ2v) is 45.0. The fourth-order valence-electron chi connectivity index (χ4n) is 21.5. The zero-order valence-corrected chi connectivity index (χ0v) is 94.3. The van der Waals surface area contributed by atoms with Gasteiger partial charge in [0.15, 0.2) is 0 Å². The van der Waals surface area contributed by atoms with Crippen LogP contribution in [0, 0.1) is 11.8 Å². The number of nitrogens with zero attached hydrogens (tertiary/aromatic N) is 2. The van der Waals surface area contributed by atoms with E-state index >= 15 is 0 Å². The van der Waals surface area contributed by atoms with E-state index < -0.39 is 0 Å². The molecule has 3 heteroatoms. The normalized spacial score (nSPS) is 12.3. The van der Waals surface area contributed by atoms with E-state index in [4.69, 9.17) is 0 Å². The first kappa shape index (κ1) is 128. The van der Waals surface area contributed by atoms with Gasteiger partial charge >= 0.3 is 166 Å². The molecule has 0 spiro atoms. The summed E-state index contributed by atoms with van der Waals surface area (Å²) in [5, 5.41) is 2.87. The molecule has 1 aliphatic rings. The van der Waals surface area contributed by atoms with Crippen molar-refractivity contribution in [2.75, 3.05) is 0 Å². The van der Waals surface area contributed by atoms with Gasteiger partial charge in [0, 0.05) is 23.1 Å². The van der Waals surface area contributed by atoms with Gasteiger partial charge in [-0.15, -0.1) is 0 Å².